The zero-order chi connectivity index (χ0) is 11.5. The van der Waals surface area contributed by atoms with Gasteiger partial charge in [0.15, 0.2) is 0 Å². The monoisotopic (exact) mass is 239 g/mol. The summed E-state index contributed by atoms with van der Waals surface area (Å²) in [6.45, 7) is 6.79. The molecule has 0 aromatic carbocycles. The summed E-state index contributed by atoms with van der Waals surface area (Å²) in [6, 6.07) is 0. The third-order valence-corrected chi connectivity index (χ3v) is 3.76. The number of anilines is 1. The summed E-state index contributed by atoms with van der Waals surface area (Å²) in [7, 11) is 0. The van der Waals surface area contributed by atoms with Gasteiger partial charge in [0.1, 0.15) is 5.82 Å². The minimum absolute atomic E-state index is 0.431. The van der Waals surface area contributed by atoms with Gasteiger partial charge < -0.3 is 4.90 Å². The highest BCUT2D eigenvalue weighted by Gasteiger charge is 2.23. The lowest BCUT2D eigenvalue weighted by Crippen LogP contribution is -2.38. The molecule has 2 unspecified atom stereocenters. The predicted molar refractivity (Wildman–Crippen MR) is 66.7 cm³/mol. The van der Waals surface area contributed by atoms with Crippen LogP contribution in [-0.2, 0) is 5.88 Å². The van der Waals surface area contributed by atoms with Crippen molar-refractivity contribution in [1.29, 1.82) is 0 Å². The second-order valence-electron chi connectivity index (χ2n) is 4.69. The molecule has 16 heavy (non-hydrogen) atoms. The summed E-state index contributed by atoms with van der Waals surface area (Å²) in [5, 5.41) is 0. The second kappa shape index (κ2) is 5.00. The molecule has 1 aromatic heterocycles. The number of piperidine rings is 1. The van der Waals surface area contributed by atoms with Crippen molar-refractivity contribution in [2.45, 2.75) is 26.1 Å². The molecule has 0 amide bonds. The number of nitrogens with zero attached hydrogens (tertiary/aromatic N) is 3. The Hall–Kier alpha value is -0.830. The summed E-state index contributed by atoms with van der Waals surface area (Å²) in [5.74, 6) is 2.95. The van der Waals surface area contributed by atoms with E-state index in [0.717, 1.165) is 36.4 Å². The number of rotatable bonds is 2. The first-order chi connectivity index (χ1) is 7.70. The van der Waals surface area contributed by atoms with Crippen LogP contribution in [0, 0.1) is 11.8 Å². The molecule has 1 aromatic rings. The van der Waals surface area contributed by atoms with Crippen LogP contribution in [0.3, 0.4) is 0 Å². The molecule has 0 aliphatic carbocycles. The highest BCUT2D eigenvalue weighted by atomic mass is 35.5. The molecular formula is C12H18ClN3. The molecule has 1 fully saturated rings. The number of hydrogen-bond donors (Lipinski definition) is 0. The van der Waals surface area contributed by atoms with E-state index in [0.29, 0.717) is 5.88 Å². The molecule has 2 atom stereocenters. The fraction of sp³-hybridized carbons (Fsp3) is 0.667. The summed E-state index contributed by atoms with van der Waals surface area (Å²) < 4.78 is 0. The molecule has 0 N–H and O–H groups in total. The SMILES string of the molecule is CC1CCN(c2cnc(CCl)cn2)CC1C. The maximum absolute atomic E-state index is 5.69. The Kier molecular flexibility index (Phi) is 3.64. The highest BCUT2D eigenvalue weighted by Crippen LogP contribution is 2.25. The van der Waals surface area contributed by atoms with Crippen molar-refractivity contribution < 1.29 is 0 Å². The molecule has 0 saturated carbocycles. The van der Waals surface area contributed by atoms with Crippen molar-refractivity contribution in [3.8, 4) is 0 Å². The number of halogens is 1. The fourth-order valence-corrected chi connectivity index (χ4v) is 2.19. The lowest BCUT2D eigenvalue weighted by Gasteiger charge is -2.35. The molecule has 1 saturated heterocycles. The van der Waals surface area contributed by atoms with Crippen molar-refractivity contribution in [1.82, 2.24) is 9.97 Å². The summed E-state index contributed by atoms with van der Waals surface area (Å²) in [5.41, 5.74) is 0.837. The van der Waals surface area contributed by atoms with Crippen molar-refractivity contribution in [3.63, 3.8) is 0 Å². The van der Waals surface area contributed by atoms with Gasteiger partial charge in [-0.1, -0.05) is 13.8 Å². The van der Waals surface area contributed by atoms with Gasteiger partial charge in [0.25, 0.3) is 0 Å². The zero-order valence-corrected chi connectivity index (χ0v) is 10.6. The van der Waals surface area contributed by atoms with Crippen LogP contribution in [0.5, 0.6) is 0 Å². The molecule has 2 heterocycles. The van der Waals surface area contributed by atoms with Crippen molar-refractivity contribution >= 4 is 17.4 Å². The third kappa shape index (κ3) is 2.46. The Morgan fingerprint density at radius 2 is 2.12 bits per heavy atom. The highest BCUT2D eigenvalue weighted by molar-refractivity contribution is 6.16. The smallest absolute Gasteiger partial charge is 0.147 e. The number of hydrogen-bond acceptors (Lipinski definition) is 3. The Bertz CT molecular complexity index is 339. The van der Waals surface area contributed by atoms with E-state index < -0.39 is 0 Å². The Labute approximate surface area is 102 Å². The maximum Gasteiger partial charge on any atom is 0.147 e. The standard InChI is InChI=1S/C12H18ClN3/c1-9-3-4-16(8-10(9)2)12-7-14-11(5-13)6-15-12/h6-7,9-10H,3-5,8H2,1-2H3. The summed E-state index contributed by atoms with van der Waals surface area (Å²) >= 11 is 5.69. The maximum atomic E-state index is 5.69. The van der Waals surface area contributed by atoms with Gasteiger partial charge in [-0.05, 0) is 18.3 Å². The van der Waals surface area contributed by atoms with Crippen LogP contribution in [0.25, 0.3) is 0 Å². The van der Waals surface area contributed by atoms with Crippen LogP contribution in [0.4, 0.5) is 5.82 Å². The van der Waals surface area contributed by atoms with Crippen LogP contribution in [-0.4, -0.2) is 23.1 Å². The number of aromatic nitrogens is 2. The van der Waals surface area contributed by atoms with Crippen molar-refractivity contribution in [2.75, 3.05) is 18.0 Å². The van der Waals surface area contributed by atoms with Gasteiger partial charge in [-0.3, -0.25) is 4.98 Å². The van der Waals surface area contributed by atoms with Crippen molar-refractivity contribution in [2.24, 2.45) is 11.8 Å². The van der Waals surface area contributed by atoms with Crippen LogP contribution in [0.2, 0.25) is 0 Å². The van der Waals surface area contributed by atoms with Crippen LogP contribution in [0.1, 0.15) is 26.0 Å². The molecule has 3 nitrogen and oxygen atoms in total. The average Bonchev–Trinajstić information content (AvgIpc) is 2.33. The summed E-state index contributed by atoms with van der Waals surface area (Å²) in [6.07, 6.45) is 4.84. The predicted octanol–water partition coefficient (Wildman–Crippen LogP) is 2.70. The zero-order valence-electron chi connectivity index (χ0n) is 9.86. The van der Waals surface area contributed by atoms with E-state index in [2.05, 4.69) is 28.7 Å². The van der Waals surface area contributed by atoms with Crippen molar-refractivity contribution in [3.05, 3.63) is 18.1 Å². The molecule has 0 radical (unpaired) electrons. The molecule has 1 aliphatic heterocycles. The summed E-state index contributed by atoms with van der Waals surface area (Å²) in [4.78, 5) is 11.0. The third-order valence-electron chi connectivity index (χ3n) is 3.49. The van der Waals surface area contributed by atoms with Gasteiger partial charge in [-0.2, -0.15) is 0 Å². The van der Waals surface area contributed by atoms with E-state index in [1.165, 1.54) is 6.42 Å². The lowest BCUT2D eigenvalue weighted by atomic mass is 9.89. The van der Waals surface area contributed by atoms with E-state index in [4.69, 9.17) is 11.6 Å². The molecule has 88 valence electrons. The molecule has 4 heteroatoms. The Morgan fingerprint density at radius 1 is 1.31 bits per heavy atom. The lowest BCUT2D eigenvalue weighted by molar-refractivity contribution is 0.322. The van der Waals surface area contributed by atoms with Crippen LogP contribution in [0.15, 0.2) is 12.4 Å². The van der Waals surface area contributed by atoms with Gasteiger partial charge in [-0.15, -0.1) is 11.6 Å². The minimum Gasteiger partial charge on any atom is -0.355 e. The Balaban J connectivity index is 2.06. The van der Waals surface area contributed by atoms with Crippen LogP contribution >= 0.6 is 11.6 Å². The van der Waals surface area contributed by atoms with E-state index in [9.17, 15) is 0 Å². The van der Waals surface area contributed by atoms with Gasteiger partial charge in [0, 0.05) is 13.1 Å². The first-order valence-corrected chi connectivity index (χ1v) is 6.36. The molecule has 0 spiro atoms. The molecule has 1 aliphatic rings. The number of alkyl halides is 1. The minimum atomic E-state index is 0.431. The normalized spacial score (nSPS) is 25.8. The second-order valence-corrected chi connectivity index (χ2v) is 4.96. The first-order valence-electron chi connectivity index (χ1n) is 5.82. The molecule has 0 bridgehead atoms. The Morgan fingerprint density at radius 3 is 2.69 bits per heavy atom. The first kappa shape index (κ1) is 11.6. The topological polar surface area (TPSA) is 29.0 Å². The van der Waals surface area contributed by atoms with E-state index in [1.807, 2.05) is 6.20 Å². The molecular weight excluding hydrogens is 222 g/mol. The van der Waals surface area contributed by atoms with Gasteiger partial charge in [0.2, 0.25) is 0 Å². The van der Waals surface area contributed by atoms with E-state index in [1.54, 1.807) is 6.20 Å². The van der Waals surface area contributed by atoms with E-state index in [-0.39, 0.29) is 0 Å². The average molecular weight is 240 g/mol. The van der Waals surface area contributed by atoms with Gasteiger partial charge in [-0.25, -0.2) is 4.98 Å². The van der Waals surface area contributed by atoms with Gasteiger partial charge >= 0.3 is 0 Å². The van der Waals surface area contributed by atoms with Gasteiger partial charge in [0.05, 0.1) is 24.0 Å². The van der Waals surface area contributed by atoms with E-state index >= 15 is 0 Å². The molecule has 2 rings (SSSR count). The largest absolute Gasteiger partial charge is 0.355 e. The quantitative estimate of drug-likeness (QED) is 0.744. The van der Waals surface area contributed by atoms with Crippen LogP contribution < -0.4 is 4.90 Å². The fourth-order valence-electron chi connectivity index (χ4n) is 2.05.